The Balaban J connectivity index is 0. The summed E-state index contributed by atoms with van der Waals surface area (Å²) in [6, 6.07) is 10.7. The number of hydrogen-bond donors (Lipinski definition) is 0. The Labute approximate surface area is 107 Å². The van der Waals surface area contributed by atoms with Gasteiger partial charge in [0, 0.05) is 5.56 Å². The first-order valence-electron chi connectivity index (χ1n) is 5.50. The molecule has 0 radical (unpaired) electrons. The molecule has 1 rings (SSSR count). The molecule has 1 aromatic rings. The predicted octanol–water partition coefficient (Wildman–Crippen LogP) is 0.703. The van der Waals surface area contributed by atoms with E-state index in [4.69, 9.17) is 0 Å². The SMILES string of the molecule is C.CCCC[N+](C)(C)Cc1ccccc1.[Cl-]. The number of nitrogens with zero attached hydrogens (tertiary/aromatic N) is 1. The smallest absolute Gasteiger partial charge is 0.104 e. The fraction of sp³-hybridized carbons (Fsp3) is 0.571. The second kappa shape index (κ2) is 8.60. The maximum Gasteiger partial charge on any atom is 0.104 e. The molecule has 0 aliphatic carbocycles. The maximum absolute atomic E-state index is 2.31. The molecule has 0 fully saturated rings. The monoisotopic (exact) mass is 243 g/mol. The highest BCUT2D eigenvalue weighted by Gasteiger charge is 2.14. The Morgan fingerprint density at radius 2 is 1.62 bits per heavy atom. The molecule has 0 heterocycles. The lowest BCUT2D eigenvalue weighted by atomic mass is 10.2. The molecule has 16 heavy (non-hydrogen) atoms. The lowest BCUT2D eigenvalue weighted by Crippen LogP contribution is -3.00. The fourth-order valence-corrected chi connectivity index (χ4v) is 1.74. The van der Waals surface area contributed by atoms with Gasteiger partial charge in [-0.1, -0.05) is 51.1 Å². The van der Waals surface area contributed by atoms with Crippen molar-refractivity contribution in [3.05, 3.63) is 35.9 Å². The normalized spacial score (nSPS) is 10.2. The van der Waals surface area contributed by atoms with Crippen LogP contribution in [0.4, 0.5) is 0 Å². The van der Waals surface area contributed by atoms with Gasteiger partial charge in [0.05, 0.1) is 20.6 Å². The van der Waals surface area contributed by atoms with Gasteiger partial charge in [0.15, 0.2) is 0 Å². The number of quaternary nitrogens is 1. The molecular formula is C14H26ClN. The molecule has 0 bridgehead atoms. The van der Waals surface area contributed by atoms with Crippen molar-refractivity contribution >= 4 is 0 Å². The van der Waals surface area contributed by atoms with Crippen molar-refractivity contribution in [2.24, 2.45) is 0 Å². The van der Waals surface area contributed by atoms with E-state index in [-0.39, 0.29) is 19.8 Å². The molecule has 1 aromatic carbocycles. The van der Waals surface area contributed by atoms with Crippen molar-refractivity contribution < 1.29 is 16.9 Å². The lowest BCUT2D eigenvalue weighted by Gasteiger charge is -2.29. The van der Waals surface area contributed by atoms with Crippen LogP contribution in [0.25, 0.3) is 0 Å². The summed E-state index contributed by atoms with van der Waals surface area (Å²) in [6.07, 6.45) is 2.61. The van der Waals surface area contributed by atoms with Crippen LogP contribution >= 0.6 is 0 Å². The van der Waals surface area contributed by atoms with E-state index in [1.165, 1.54) is 24.9 Å². The average Bonchev–Trinajstić information content (AvgIpc) is 2.16. The van der Waals surface area contributed by atoms with Crippen LogP contribution in [0.1, 0.15) is 32.8 Å². The quantitative estimate of drug-likeness (QED) is 0.669. The molecular weight excluding hydrogens is 218 g/mol. The molecule has 94 valence electrons. The molecule has 0 aliphatic rings. The van der Waals surface area contributed by atoms with Gasteiger partial charge in [0.1, 0.15) is 6.54 Å². The van der Waals surface area contributed by atoms with Crippen molar-refractivity contribution in [3.63, 3.8) is 0 Å². The van der Waals surface area contributed by atoms with Crippen molar-refractivity contribution in [1.82, 2.24) is 0 Å². The van der Waals surface area contributed by atoms with Gasteiger partial charge in [-0.05, 0) is 6.42 Å². The number of rotatable bonds is 5. The molecule has 0 N–H and O–H groups in total. The van der Waals surface area contributed by atoms with Crippen LogP contribution < -0.4 is 12.4 Å². The highest BCUT2D eigenvalue weighted by molar-refractivity contribution is 5.13. The van der Waals surface area contributed by atoms with Crippen LogP contribution in [-0.2, 0) is 6.54 Å². The third kappa shape index (κ3) is 6.86. The second-order valence-electron chi connectivity index (χ2n) is 4.66. The van der Waals surface area contributed by atoms with Gasteiger partial charge in [-0.2, -0.15) is 0 Å². The van der Waals surface area contributed by atoms with Crippen LogP contribution in [0.5, 0.6) is 0 Å². The van der Waals surface area contributed by atoms with E-state index in [1.54, 1.807) is 0 Å². The van der Waals surface area contributed by atoms with Crippen molar-refractivity contribution in [2.75, 3.05) is 20.6 Å². The van der Waals surface area contributed by atoms with E-state index in [0.717, 1.165) is 11.0 Å². The van der Waals surface area contributed by atoms with Gasteiger partial charge in [0.2, 0.25) is 0 Å². The van der Waals surface area contributed by atoms with Gasteiger partial charge >= 0.3 is 0 Å². The number of benzene rings is 1. The van der Waals surface area contributed by atoms with Gasteiger partial charge in [0.25, 0.3) is 0 Å². The summed E-state index contributed by atoms with van der Waals surface area (Å²) in [7, 11) is 4.62. The van der Waals surface area contributed by atoms with Crippen LogP contribution in [0, 0.1) is 0 Å². The van der Waals surface area contributed by atoms with E-state index >= 15 is 0 Å². The minimum absolute atomic E-state index is 0. The summed E-state index contributed by atoms with van der Waals surface area (Å²) in [5.74, 6) is 0. The Hall–Kier alpha value is -0.530. The van der Waals surface area contributed by atoms with Crippen LogP contribution in [0.15, 0.2) is 30.3 Å². The summed E-state index contributed by atoms with van der Waals surface area (Å²) in [4.78, 5) is 0. The zero-order valence-electron chi connectivity index (χ0n) is 10.0. The van der Waals surface area contributed by atoms with E-state index in [1.807, 2.05) is 0 Å². The van der Waals surface area contributed by atoms with Crippen molar-refractivity contribution in [2.45, 2.75) is 33.7 Å². The summed E-state index contributed by atoms with van der Waals surface area (Å²) < 4.78 is 1.10. The van der Waals surface area contributed by atoms with Crippen LogP contribution in [0.3, 0.4) is 0 Å². The Bertz CT molecular complexity index is 257. The summed E-state index contributed by atoms with van der Waals surface area (Å²) >= 11 is 0. The van der Waals surface area contributed by atoms with Crippen molar-refractivity contribution in [1.29, 1.82) is 0 Å². The molecule has 1 nitrogen and oxygen atoms in total. The average molecular weight is 244 g/mol. The molecule has 0 atom stereocenters. The predicted molar refractivity (Wildman–Crippen MR) is 68.8 cm³/mol. The first-order chi connectivity index (χ1) is 6.64. The largest absolute Gasteiger partial charge is 1.00 e. The molecule has 0 spiro atoms. The third-order valence-corrected chi connectivity index (χ3v) is 2.57. The summed E-state index contributed by atoms with van der Waals surface area (Å²) in [5.41, 5.74) is 1.44. The minimum atomic E-state index is 0. The molecule has 0 amide bonds. The van der Waals surface area contributed by atoms with Gasteiger partial charge < -0.3 is 16.9 Å². The summed E-state index contributed by atoms with van der Waals surface area (Å²) in [5, 5.41) is 0. The van der Waals surface area contributed by atoms with E-state index in [0.29, 0.717) is 0 Å². The Kier molecular flexibility index (Phi) is 9.60. The topological polar surface area (TPSA) is 0 Å². The number of hydrogen-bond acceptors (Lipinski definition) is 0. The van der Waals surface area contributed by atoms with E-state index in [2.05, 4.69) is 51.4 Å². The lowest BCUT2D eigenvalue weighted by molar-refractivity contribution is -0.903. The number of halogens is 1. The molecule has 0 saturated carbocycles. The molecule has 0 aliphatic heterocycles. The Morgan fingerprint density at radius 1 is 1.06 bits per heavy atom. The minimum Gasteiger partial charge on any atom is -1.00 e. The standard InChI is InChI=1S/C13H22N.CH4.ClH/c1-4-5-11-14(2,3)12-13-9-7-6-8-10-13;;/h6-10H,4-5,11-12H2,1-3H3;1H4;1H/q+1;;/p-1. The van der Waals surface area contributed by atoms with Crippen LogP contribution in [0.2, 0.25) is 0 Å². The zero-order valence-corrected chi connectivity index (χ0v) is 10.8. The highest BCUT2D eigenvalue weighted by Crippen LogP contribution is 2.10. The number of unbranched alkanes of at least 4 members (excludes halogenated alkanes) is 1. The molecule has 0 saturated heterocycles. The fourth-order valence-electron chi connectivity index (χ4n) is 1.74. The Morgan fingerprint density at radius 3 is 2.12 bits per heavy atom. The summed E-state index contributed by atoms with van der Waals surface area (Å²) in [6.45, 7) is 4.66. The molecule has 0 aromatic heterocycles. The van der Waals surface area contributed by atoms with Crippen LogP contribution in [-0.4, -0.2) is 25.1 Å². The van der Waals surface area contributed by atoms with E-state index in [9.17, 15) is 0 Å². The maximum atomic E-state index is 2.31. The van der Waals surface area contributed by atoms with Crippen molar-refractivity contribution in [3.8, 4) is 0 Å². The first kappa shape index (κ1) is 17.9. The molecule has 2 heteroatoms. The van der Waals surface area contributed by atoms with E-state index < -0.39 is 0 Å². The van der Waals surface area contributed by atoms with Gasteiger partial charge in [-0.3, -0.25) is 0 Å². The highest BCUT2D eigenvalue weighted by atomic mass is 35.5. The van der Waals surface area contributed by atoms with Gasteiger partial charge in [-0.25, -0.2) is 0 Å². The third-order valence-electron chi connectivity index (χ3n) is 2.57. The second-order valence-corrected chi connectivity index (χ2v) is 4.66. The first-order valence-corrected chi connectivity index (χ1v) is 5.50. The zero-order chi connectivity index (χ0) is 10.4. The van der Waals surface area contributed by atoms with Gasteiger partial charge in [-0.15, -0.1) is 0 Å². The molecule has 0 unspecified atom stereocenters.